The van der Waals surface area contributed by atoms with E-state index in [4.69, 9.17) is 0 Å². The van der Waals surface area contributed by atoms with Crippen molar-refractivity contribution in [3.8, 4) is 0 Å². The van der Waals surface area contributed by atoms with Gasteiger partial charge in [-0.3, -0.25) is 4.48 Å². The zero-order chi connectivity index (χ0) is 7.78. The fraction of sp³-hybridized carbons (Fsp3) is 0.778. The van der Waals surface area contributed by atoms with Crippen LogP contribution < -0.4 is 0 Å². The zero-order valence-corrected chi connectivity index (χ0v) is 7.30. The molecular formula is C9H18N+. The first-order valence-electron chi connectivity index (χ1n) is 4.05. The van der Waals surface area contributed by atoms with Gasteiger partial charge in [-0.25, -0.2) is 0 Å². The average molecular weight is 140 g/mol. The molecule has 0 N–H and O–H groups in total. The van der Waals surface area contributed by atoms with Crippen molar-refractivity contribution in [1.82, 2.24) is 0 Å². The standard InChI is InChI=1S/C9H18N/c1-5-10(4)6-8(2)9(3)7-10/h5,8-9H,1,6-7H2,2-4H3/q+1. The molecule has 1 fully saturated rings. The van der Waals surface area contributed by atoms with Gasteiger partial charge in [-0.1, -0.05) is 13.8 Å². The van der Waals surface area contributed by atoms with E-state index in [1.165, 1.54) is 13.1 Å². The van der Waals surface area contributed by atoms with Crippen molar-refractivity contribution in [2.75, 3.05) is 20.1 Å². The Hall–Kier alpha value is -0.300. The van der Waals surface area contributed by atoms with E-state index in [-0.39, 0.29) is 0 Å². The summed E-state index contributed by atoms with van der Waals surface area (Å²) in [6.07, 6.45) is 2.07. The first-order chi connectivity index (χ1) is 4.57. The molecule has 1 nitrogen and oxygen atoms in total. The molecule has 0 amide bonds. The van der Waals surface area contributed by atoms with E-state index in [1.807, 2.05) is 0 Å². The molecule has 1 saturated heterocycles. The molecule has 0 spiro atoms. The van der Waals surface area contributed by atoms with Gasteiger partial charge in [-0.15, -0.1) is 0 Å². The highest BCUT2D eigenvalue weighted by Gasteiger charge is 2.35. The van der Waals surface area contributed by atoms with E-state index in [9.17, 15) is 0 Å². The van der Waals surface area contributed by atoms with E-state index in [1.54, 1.807) is 0 Å². The molecule has 0 aromatic rings. The van der Waals surface area contributed by atoms with Crippen LogP contribution in [0.25, 0.3) is 0 Å². The summed E-state index contributed by atoms with van der Waals surface area (Å²) in [5.41, 5.74) is 0. The van der Waals surface area contributed by atoms with Crippen molar-refractivity contribution in [3.05, 3.63) is 12.8 Å². The summed E-state index contributed by atoms with van der Waals surface area (Å²) in [7, 11) is 2.26. The van der Waals surface area contributed by atoms with Crippen LogP contribution in [0, 0.1) is 11.8 Å². The van der Waals surface area contributed by atoms with E-state index >= 15 is 0 Å². The third-order valence-corrected chi connectivity index (χ3v) is 2.82. The maximum Gasteiger partial charge on any atom is 0.0883 e. The smallest absolute Gasteiger partial charge is 0.0883 e. The van der Waals surface area contributed by atoms with Crippen molar-refractivity contribution in [1.29, 1.82) is 0 Å². The summed E-state index contributed by atoms with van der Waals surface area (Å²) in [5.74, 6) is 1.73. The average Bonchev–Trinajstić information content (AvgIpc) is 2.10. The van der Waals surface area contributed by atoms with E-state index in [2.05, 4.69) is 33.7 Å². The van der Waals surface area contributed by atoms with Crippen LogP contribution in [0.1, 0.15) is 13.8 Å². The fourth-order valence-electron chi connectivity index (χ4n) is 1.90. The molecule has 1 aliphatic rings. The lowest BCUT2D eigenvalue weighted by molar-refractivity contribution is -0.849. The lowest BCUT2D eigenvalue weighted by Crippen LogP contribution is -2.35. The molecule has 0 aliphatic carbocycles. The maximum atomic E-state index is 3.86. The first-order valence-corrected chi connectivity index (χ1v) is 4.05. The lowest BCUT2D eigenvalue weighted by atomic mass is 10.0. The number of hydrogen-bond acceptors (Lipinski definition) is 0. The predicted octanol–water partition coefficient (Wildman–Crippen LogP) is 1.86. The monoisotopic (exact) mass is 140 g/mol. The van der Waals surface area contributed by atoms with Crippen LogP contribution in [0.15, 0.2) is 12.8 Å². The Morgan fingerprint density at radius 3 is 1.90 bits per heavy atom. The normalized spacial score (nSPS) is 47.5. The molecule has 0 radical (unpaired) electrons. The molecule has 0 aromatic carbocycles. The largest absolute Gasteiger partial charge is 0.300 e. The van der Waals surface area contributed by atoms with Crippen molar-refractivity contribution < 1.29 is 4.48 Å². The molecule has 2 atom stereocenters. The number of rotatable bonds is 1. The van der Waals surface area contributed by atoms with Gasteiger partial charge >= 0.3 is 0 Å². The molecule has 1 rings (SSSR count). The highest BCUT2D eigenvalue weighted by Crippen LogP contribution is 2.27. The molecule has 1 heterocycles. The predicted molar refractivity (Wildman–Crippen MR) is 44.4 cm³/mol. The number of quaternary nitrogens is 1. The summed E-state index contributed by atoms with van der Waals surface area (Å²) >= 11 is 0. The van der Waals surface area contributed by atoms with Gasteiger partial charge in [-0.2, -0.15) is 0 Å². The topological polar surface area (TPSA) is 0 Å². The minimum absolute atomic E-state index is 0.864. The van der Waals surface area contributed by atoms with Crippen LogP contribution in [0.3, 0.4) is 0 Å². The molecule has 10 heavy (non-hydrogen) atoms. The van der Waals surface area contributed by atoms with Crippen LogP contribution >= 0.6 is 0 Å². The second-order valence-corrected chi connectivity index (χ2v) is 3.98. The van der Waals surface area contributed by atoms with Crippen LogP contribution in [0.2, 0.25) is 0 Å². The molecule has 0 bridgehead atoms. The number of nitrogens with zero attached hydrogens (tertiary/aromatic N) is 1. The van der Waals surface area contributed by atoms with Gasteiger partial charge in [0, 0.05) is 11.8 Å². The molecular weight excluding hydrogens is 122 g/mol. The Balaban J connectivity index is 2.63. The van der Waals surface area contributed by atoms with Crippen LogP contribution in [-0.4, -0.2) is 24.6 Å². The van der Waals surface area contributed by atoms with Crippen LogP contribution in [-0.2, 0) is 0 Å². The quantitative estimate of drug-likeness (QED) is 0.488. The van der Waals surface area contributed by atoms with Gasteiger partial charge in [0.25, 0.3) is 0 Å². The summed E-state index contributed by atoms with van der Waals surface area (Å²) in [5, 5.41) is 0. The number of likely N-dealkylation sites (tertiary alicyclic amines) is 1. The Morgan fingerprint density at radius 1 is 1.30 bits per heavy atom. The second-order valence-electron chi connectivity index (χ2n) is 3.98. The molecule has 1 aliphatic heterocycles. The highest BCUT2D eigenvalue weighted by molar-refractivity contribution is 4.72. The number of hydrogen-bond donors (Lipinski definition) is 0. The Bertz CT molecular complexity index is 130. The van der Waals surface area contributed by atoms with Crippen LogP contribution in [0.5, 0.6) is 0 Å². The Labute approximate surface area is 63.9 Å². The maximum absolute atomic E-state index is 3.86. The lowest BCUT2D eigenvalue weighted by Gasteiger charge is -2.23. The van der Waals surface area contributed by atoms with Gasteiger partial charge in [0.1, 0.15) is 0 Å². The minimum Gasteiger partial charge on any atom is -0.300 e. The van der Waals surface area contributed by atoms with Crippen molar-refractivity contribution in [2.24, 2.45) is 11.8 Å². The summed E-state index contributed by atoms with van der Waals surface area (Å²) in [4.78, 5) is 0. The molecule has 58 valence electrons. The van der Waals surface area contributed by atoms with Gasteiger partial charge in [0.2, 0.25) is 0 Å². The van der Waals surface area contributed by atoms with E-state index in [0.29, 0.717) is 0 Å². The molecule has 1 heteroatoms. The summed E-state index contributed by atoms with van der Waals surface area (Å²) < 4.78 is 1.06. The highest BCUT2D eigenvalue weighted by atomic mass is 15.3. The Morgan fingerprint density at radius 2 is 1.70 bits per heavy atom. The van der Waals surface area contributed by atoms with Crippen molar-refractivity contribution in [2.45, 2.75) is 13.8 Å². The molecule has 2 unspecified atom stereocenters. The van der Waals surface area contributed by atoms with Crippen LogP contribution in [0.4, 0.5) is 0 Å². The Kier molecular flexibility index (Phi) is 1.86. The van der Waals surface area contributed by atoms with Gasteiger partial charge in [0.15, 0.2) is 0 Å². The molecule has 0 saturated carbocycles. The zero-order valence-electron chi connectivity index (χ0n) is 7.30. The van der Waals surface area contributed by atoms with E-state index < -0.39 is 0 Å². The third kappa shape index (κ3) is 1.24. The van der Waals surface area contributed by atoms with Crippen molar-refractivity contribution in [3.63, 3.8) is 0 Å². The second kappa shape index (κ2) is 2.39. The third-order valence-electron chi connectivity index (χ3n) is 2.82. The summed E-state index contributed by atoms with van der Waals surface area (Å²) in [6.45, 7) is 11.1. The molecule has 0 aromatic heterocycles. The first kappa shape index (κ1) is 7.80. The minimum atomic E-state index is 0.864. The SMILES string of the molecule is C=C[N+]1(C)CC(C)C(C)C1. The fourth-order valence-corrected chi connectivity index (χ4v) is 1.90. The van der Waals surface area contributed by atoms with Gasteiger partial charge < -0.3 is 0 Å². The van der Waals surface area contributed by atoms with Gasteiger partial charge in [-0.05, 0) is 6.58 Å². The van der Waals surface area contributed by atoms with Crippen molar-refractivity contribution >= 4 is 0 Å². The van der Waals surface area contributed by atoms with Gasteiger partial charge in [0.05, 0.1) is 26.3 Å². The van der Waals surface area contributed by atoms with E-state index in [0.717, 1.165) is 16.3 Å². The summed E-state index contributed by atoms with van der Waals surface area (Å²) in [6, 6.07) is 0.